The molecule has 1 N–H and O–H groups in total. The van der Waals surface area contributed by atoms with Crippen molar-refractivity contribution in [3.8, 4) is 0 Å². The first-order valence-electron chi connectivity index (χ1n) is 4.41. The highest BCUT2D eigenvalue weighted by molar-refractivity contribution is 5.76. The van der Waals surface area contributed by atoms with Crippen LogP contribution in [-0.2, 0) is 4.79 Å². The molecule has 1 fully saturated rings. The molecular weight excluding hydrogens is 170 g/mol. The second kappa shape index (κ2) is 5.32. The highest BCUT2D eigenvalue weighted by Gasteiger charge is 2.17. The number of isocyanates is 1. The summed E-state index contributed by atoms with van der Waals surface area (Å²) in [6.45, 7) is 2.79. The highest BCUT2D eigenvalue weighted by Crippen LogP contribution is 1.99. The summed E-state index contributed by atoms with van der Waals surface area (Å²) in [7, 11) is 0. The van der Waals surface area contributed by atoms with E-state index in [4.69, 9.17) is 0 Å². The Morgan fingerprint density at radius 2 is 2.38 bits per heavy atom. The Morgan fingerprint density at radius 3 is 3.00 bits per heavy atom. The summed E-state index contributed by atoms with van der Waals surface area (Å²) in [6, 6.07) is 0.0129. The van der Waals surface area contributed by atoms with Gasteiger partial charge in [0.15, 0.2) is 0 Å². The monoisotopic (exact) mass is 183 g/mol. The van der Waals surface area contributed by atoms with E-state index in [2.05, 4.69) is 10.3 Å². The number of unbranched alkanes of at least 4 members (excludes halogenated alkanes) is 1. The van der Waals surface area contributed by atoms with Crippen molar-refractivity contribution < 1.29 is 9.59 Å². The van der Waals surface area contributed by atoms with E-state index < -0.39 is 0 Å². The molecule has 0 aromatic heterocycles. The molecule has 0 aliphatic carbocycles. The molecule has 0 aromatic carbocycles. The van der Waals surface area contributed by atoms with Gasteiger partial charge in [0.25, 0.3) is 0 Å². The van der Waals surface area contributed by atoms with Gasteiger partial charge in [0.05, 0.1) is 6.54 Å². The molecule has 2 amide bonds. The maximum Gasteiger partial charge on any atom is 0.317 e. The molecule has 0 spiro atoms. The largest absolute Gasteiger partial charge is 0.336 e. The van der Waals surface area contributed by atoms with Gasteiger partial charge in [0, 0.05) is 19.6 Å². The summed E-state index contributed by atoms with van der Waals surface area (Å²) in [6.07, 6.45) is 3.21. The third-order valence-electron chi connectivity index (χ3n) is 1.96. The second-order valence-corrected chi connectivity index (χ2v) is 2.90. The number of carbonyl (C=O) groups excluding carboxylic acids is 2. The summed E-state index contributed by atoms with van der Waals surface area (Å²) < 4.78 is 0. The first-order valence-corrected chi connectivity index (χ1v) is 4.41. The van der Waals surface area contributed by atoms with E-state index in [9.17, 15) is 9.59 Å². The van der Waals surface area contributed by atoms with Crippen molar-refractivity contribution in [2.45, 2.75) is 12.8 Å². The standard InChI is InChI=1S/C8H13N3O2/c12-7-9-3-1-2-5-11-6-4-10-8(11)13/h1-6H2,(H,10,13). The molecule has 0 saturated carbocycles. The molecule has 13 heavy (non-hydrogen) atoms. The van der Waals surface area contributed by atoms with Crippen LogP contribution in [0.15, 0.2) is 4.99 Å². The van der Waals surface area contributed by atoms with Gasteiger partial charge in [-0.25, -0.2) is 14.6 Å². The summed E-state index contributed by atoms with van der Waals surface area (Å²) in [5.74, 6) is 0. The van der Waals surface area contributed by atoms with Crippen LogP contribution in [0.5, 0.6) is 0 Å². The van der Waals surface area contributed by atoms with Crippen molar-refractivity contribution in [2.24, 2.45) is 4.99 Å². The molecule has 72 valence electrons. The van der Waals surface area contributed by atoms with Crippen LogP contribution < -0.4 is 5.32 Å². The topological polar surface area (TPSA) is 61.8 Å². The lowest BCUT2D eigenvalue weighted by Crippen LogP contribution is -2.29. The molecule has 1 aliphatic rings. The van der Waals surface area contributed by atoms with Crippen LogP contribution in [0.4, 0.5) is 4.79 Å². The smallest absolute Gasteiger partial charge is 0.317 e. The van der Waals surface area contributed by atoms with E-state index in [-0.39, 0.29) is 6.03 Å². The first-order chi connectivity index (χ1) is 6.34. The summed E-state index contributed by atoms with van der Waals surface area (Å²) in [5, 5.41) is 2.72. The maximum absolute atomic E-state index is 11.0. The minimum Gasteiger partial charge on any atom is -0.336 e. The Balaban J connectivity index is 2.05. The van der Waals surface area contributed by atoms with Gasteiger partial charge in [-0.3, -0.25) is 0 Å². The highest BCUT2D eigenvalue weighted by atomic mass is 16.2. The van der Waals surface area contributed by atoms with E-state index in [1.54, 1.807) is 4.90 Å². The Kier molecular flexibility index (Phi) is 3.99. The molecule has 5 heteroatoms. The van der Waals surface area contributed by atoms with Crippen LogP contribution in [0.3, 0.4) is 0 Å². The third kappa shape index (κ3) is 3.25. The number of nitrogens with zero attached hydrogens (tertiary/aromatic N) is 2. The fourth-order valence-electron chi connectivity index (χ4n) is 1.26. The van der Waals surface area contributed by atoms with E-state index in [1.165, 1.54) is 6.08 Å². The number of urea groups is 1. The number of hydrogen-bond acceptors (Lipinski definition) is 3. The van der Waals surface area contributed by atoms with Crippen LogP contribution >= 0.6 is 0 Å². The number of aliphatic imine (C=N–C) groups is 1. The predicted octanol–water partition coefficient (Wildman–Crippen LogP) is 0.128. The van der Waals surface area contributed by atoms with Crippen LogP contribution in [-0.4, -0.2) is 43.2 Å². The maximum atomic E-state index is 11.0. The lowest BCUT2D eigenvalue weighted by Gasteiger charge is -2.12. The van der Waals surface area contributed by atoms with Crippen LogP contribution in [0.1, 0.15) is 12.8 Å². The van der Waals surface area contributed by atoms with Crippen LogP contribution in [0.25, 0.3) is 0 Å². The van der Waals surface area contributed by atoms with Crippen molar-refractivity contribution in [3.63, 3.8) is 0 Å². The van der Waals surface area contributed by atoms with Gasteiger partial charge >= 0.3 is 6.03 Å². The van der Waals surface area contributed by atoms with Crippen molar-refractivity contribution in [3.05, 3.63) is 0 Å². The molecule has 0 radical (unpaired) electrons. The molecule has 1 saturated heterocycles. The number of amides is 2. The van der Waals surface area contributed by atoms with Gasteiger partial charge in [0.1, 0.15) is 0 Å². The van der Waals surface area contributed by atoms with Crippen LogP contribution in [0, 0.1) is 0 Å². The number of carbonyl (C=O) groups is 1. The Hall–Kier alpha value is -1.35. The van der Waals surface area contributed by atoms with E-state index in [0.717, 1.165) is 32.5 Å². The number of rotatable bonds is 5. The molecule has 0 atom stereocenters. The second-order valence-electron chi connectivity index (χ2n) is 2.90. The van der Waals surface area contributed by atoms with E-state index in [1.807, 2.05) is 0 Å². The zero-order valence-corrected chi connectivity index (χ0v) is 7.45. The minimum atomic E-state index is 0.0129. The first kappa shape index (κ1) is 9.74. The molecule has 1 aliphatic heterocycles. The summed E-state index contributed by atoms with van der Waals surface area (Å²) in [4.78, 5) is 25.9. The predicted molar refractivity (Wildman–Crippen MR) is 47.2 cm³/mol. The molecule has 0 unspecified atom stereocenters. The van der Waals surface area contributed by atoms with Gasteiger partial charge in [-0.2, -0.15) is 0 Å². The summed E-state index contributed by atoms with van der Waals surface area (Å²) >= 11 is 0. The van der Waals surface area contributed by atoms with Gasteiger partial charge in [-0.15, -0.1) is 0 Å². The van der Waals surface area contributed by atoms with Crippen molar-refractivity contribution >= 4 is 12.1 Å². The molecular formula is C8H13N3O2. The molecule has 0 bridgehead atoms. The SMILES string of the molecule is O=C=NCCCCN1CCNC1=O. The quantitative estimate of drug-likeness (QED) is 0.374. The normalized spacial score (nSPS) is 15.4. The van der Waals surface area contributed by atoms with Crippen LogP contribution in [0.2, 0.25) is 0 Å². The Bertz CT molecular complexity index is 223. The lowest BCUT2D eigenvalue weighted by atomic mass is 10.3. The molecule has 5 nitrogen and oxygen atoms in total. The average molecular weight is 183 g/mol. The van der Waals surface area contributed by atoms with Crippen molar-refractivity contribution in [2.75, 3.05) is 26.2 Å². The zero-order valence-electron chi connectivity index (χ0n) is 7.45. The van der Waals surface area contributed by atoms with Crippen molar-refractivity contribution in [1.29, 1.82) is 0 Å². The van der Waals surface area contributed by atoms with Crippen molar-refractivity contribution in [1.82, 2.24) is 10.2 Å². The third-order valence-corrected chi connectivity index (χ3v) is 1.96. The summed E-state index contributed by atoms with van der Waals surface area (Å²) in [5.41, 5.74) is 0. The lowest BCUT2D eigenvalue weighted by molar-refractivity contribution is 0.216. The number of nitrogens with one attached hydrogen (secondary N) is 1. The molecule has 1 heterocycles. The molecule has 1 rings (SSSR count). The molecule has 0 aromatic rings. The minimum absolute atomic E-state index is 0.0129. The zero-order chi connectivity index (χ0) is 9.52. The number of hydrogen-bond donors (Lipinski definition) is 1. The van der Waals surface area contributed by atoms with Gasteiger partial charge in [-0.1, -0.05) is 0 Å². The Labute approximate surface area is 76.8 Å². The van der Waals surface area contributed by atoms with Gasteiger partial charge < -0.3 is 10.2 Å². The fraction of sp³-hybridized carbons (Fsp3) is 0.750. The van der Waals surface area contributed by atoms with E-state index in [0.29, 0.717) is 6.54 Å². The Morgan fingerprint density at radius 1 is 1.54 bits per heavy atom. The van der Waals surface area contributed by atoms with Gasteiger partial charge in [-0.05, 0) is 12.8 Å². The fourth-order valence-corrected chi connectivity index (χ4v) is 1.26. The average Bonchev–Trinajstić information content (AvgIpc) is 2.52. The van der Waals surface area contributed by atoms with E-state index >= 15 is 0 Å². The van der Waals surface area contributed by atoms with Gasteiger partial charge in [0.2, 0.25) is 6.08 Å².